The van der Waals surface area contributed by atoms with E-state index in [9.17, 15) is 14.7 Å². The van der Waals surface area contributed by atoms with Gasteiger partial charge in [0.15, 0.2) is 12.3 Å². The highest BCUT2D eigenvalue weighted by molar-refractivity contribution is 6.31. The number of hydrogen-bond acceptors (Lipinski definition) is 4. The van der Waals surface area contributed by atoms with Gasteiger partial charge in [0, 0.05) is 16.3 Å². The standard InChI is InChI=1S/C16H14ClNO4/c1-22-13-5-2-10(3-6-13)15(16(20)21)18-14-7-4-12(17)8-11(14)9-19/h2-9,15,18H,1H3,(H,20,21). The summed E-state index contributed by atoms with van der Waals surface area (Å²) in [5, 5.41) is 12.7. The van der Waals surface area contributed by atoms with Gasteiger partial charge in [-0.15, -0.1) is 0 Å². The number of carbonyl (C=O) groups excluding carboxylic acids is 1. The van der Waals surface area contributed by atoms with Crippen molar-refractivity contribution in [3.8, 4) is 5.75 Å². The Kier molecular flexibility index (Phi) is 5.01. The lowest BCUT2D eigenvalue weighted by atomic mass is 10.1. The molecular weight excluding hydrogens is 306 g/mol. The molecule has 2 aromatic carbocycles. The number of rotatable bonds is 6. The predicted molar refractivity (Wildman–Crippen MR) is 83.8 cm³/mol. The summed E-state index contributed by atoms with van der Waals surface area (Å²) in [6.45, 7) is 0. The Hall–Kier alpha value is -2.53. The maximum atomic E-state index is 11.5. The number of carboxylic acids is 1. The van der Waals surface area contributed by atoms with Gasteiger partial charge in [0.05, 0.1) is 7.11 Å². The Bertz CT molecular complexity index is 685. The number of methoxy groups -OCH3 is 1. The van der Waals surface area contributed by atoms with E-state index >= 15 is 0 Å². The second kappa shape index (κ2) is 6.95. The first kappa shape index (κ1) is 15.9. The van der Waals surface area contributed by atoms with Crippen LogP contribution < -0.4 is 10.1 Å². The number of aliphatic carboxylic acids is 1. The highest BCUT2D eigenvalue weighted by Crippen LogP contribution is 2.26. The zero-order chi connectivity index (χ0) is 16.1. The molecule has 2 rings (SSSR count). The van der Waals surface area contributed by atoms with Crippen molar-refractivity contribution in [3.63, 3.8) is 0 Å². The first-order valence-electron chi connectivity index (χ1n) is 6.43. The Morgan fingerprint density at radius 3 is 2.50 bits per heavy atom. The van der Waals surface area contributed by atoms with Crippen LogP contribution in [0.3, 0.4) is 0 Å². The summed E-state index contributed by atoms with van der Waals surface area (Å²) in [5.74, 6) is -0.426. The highest BCUT2D eigenvalue weighted by atomic mass is 35.5. The van der Waals surface area contributed by atoms with E-state index < -0.39 is 12.0 Å². The van der Waals surface area contributed by atoms with Crippen molar-refractivity contribution in [3.05, 3.63) is 58.6 Å². The fourth-order valence-electron chi connectivity index (χ4n) is 2.00. The molecule has 0 amide bonds. The van der Waals surface area contributed by atoms with Crippen LogP contribution in [0.2, 0.25) is 5.02 Å². The number of ether oxygens (including phenoxy) is 1. The number of anilines is 1. The Morgan fingerprint density at radius 1 is 1.27 bits per heavy atom. The third kappa shape index (κ3) is 3.56. The van der Waals surface area contributed by atoms with Gasteiger partial charge in [-0.3, -0.25) is 4.79 Å². The third-order valence-corrected chi connectivity index (χ3v) is 3.37. The minimum atomic E-state index is -1.06. The van der Waals surface area contributed by atoms with E-state index in [1.807, 2.05) is 0 Å². The number of hydrogen-bond donors (Lipinski definition) is 2. The topological polar surface area (TPSA) is 75.6 Å². The largest absolute Gasteiger partial charge is 0.497 e. The molecule has 0 bridgehead atoms. The Labute approximate surface area is 132 Å². The normalized spacial score (nSPS) is 11.5. The summed E-state index contributed by atoms with van der Waals surface area (Å²) in [6.07, 6.45) is 0.626. The van der Waals surface area contributed by atoms with Gasteiger partial charge < -0.3 is 15.2 Å². The van der Waals surface area contributed by atoms with Gasteiger partial charge >= 0.3 is 5.97 Å². The van der Waals surface area contributed by atoms with Crippen LogP contribution in [0.1, 0.15) is 22.0 Å². The lowest BCUT2D eigenvalue weighted by Crippen LogP contribution is -2.21. The average molecular weight is 320 g/mol. The quantitative estimate of drug-likeness (QED) is 0.798. The molecular formula is C16H14ClNO4. The molecule has 1 unspecified atom stereocenters. The third-order valence-electron chi connectivity index (χ3n) is 3.14. The van der Waals surface area contributed by atoms with Gasteiger partial charge in [0.25, 0.3) is 0 Å². The molecule has 5 nitrogen and oxygen atoms in total. The number of benzene rings is 2. The fraction of sp³-hybridized carbons (Fsp3) is 0.125. The second-order valence-corrected chi connectivity index (χ2v) is 4.97. The molecule has 0 aromatic heterocycles. The van der Waals surface area contributed by atoms with Crippen LogP contribution in [-0.4, -0.2) is 24.5 Å². The summed E-state index contributed by atoms with van der Waals surface area (Å²) in [7, 11) is 1.53. The van der Waals surface area contributed by atoms with Gasteiger partial charge in [0.2, 0.25) is 0 Å². The first-order chi connectivity index (χ1) is 10.5. The van der Waals surface area contributed by atoms with Crippen LogP contribution >= 0.6 is 11.6 Å². The van der Waals surface area contributed by atoms with Crippen molar-refractivity contribution in [1.29, 1.82) is 0 Å². The summed E-state index contributed by atoms with van der Waals surface area (Å²) >= 11 is 5.83. The maximum Gasteiger partial charge on any atom is 0.330 e. The van der Waals surface area contributed by atoms with Gasteiger partial charge in [-0.1, -0.05) is 23.7 Å². The predicted octanol–water partition coefficient (Wildman–Crippen LogP) is 3.40. The zero-order valence-corrected chi connectivity index (χ0v) is 12.5. The molecule has 0 fully saturated rings. The highest BCUT2D eigenvalue weighted by Gasteiger charge is 2.20. The van der Waals surface area contributed by atoms with Gasteiger partial charge in [0.1, 0.15) is 5.75 Å². The van der Waals surface area contributed by atoms with Crippen LogP contribution in [0, 0.1) is 0 Å². The molecule has 2 N–H and O–H groups in total. The molecule has 0 radical (unpaired) electrons. The van der Waals surface area contributed by atoms with Gasteiger partial charge in [-0.25, -0.2) is 4.79 Å². The minimum absolute atomic E-state index is 0.298. The van der Waals surface area contributed by atoms with Gasteiger partial charge in [-0.2, -0.15) is 0 Å². The van der Waals surface area contributed by atoms with E-state index in [2.05, 4.69) is 5.32 Å². The van der Waals surface area contributed by atoms with Crippen LogP contribution in [-0.2, 0) is 4.79 Å². The molecule has 0 aliphatic heterocycles. The molecule has 6 heteroatoms. The van der Waals surface area contributed by atoms with Crippen molar-refractivity contribution in [2.24, 2.45) is 0 Å². The summed E-state index contributed by atoms with van der Waals surface area (Å²) < 4.78 is 5.05. The Morgan fingerprint density at radius 2 is 1.95 bits per heavy atom. The second-order valence-electron chi connectivity index (χ2n) is 4.54. The number of aldehydes is 1. The van der Waals surface area contributed by atoms with Crippen LogP contribution in [0.4, 0.5) is 5.69 Å². The van der Waals surface area contributed by atoms with Crippen molar-refractivity contribution < 1.29 is 19.4 Å². The molecule has 0 spiro atoms. The van der Waals surface area contributed by atoms with E-state index in [0.29, 0.717) is 33.9 Å². The number of carboxylic acid groups (broad SMARTS) is 1. The summed E-state index contributed by atoms with van der Waals surface area (Å²) in [5.41, 5.74) is 1.25. The Balaban J connectivity index is 2.33. The van der Waals surface area contributed by atoms with Crippen molar-refractivity contribution in [2.75, 3.05) is 12.4 Å². The maximum absolute atomic E-state index is 11.5. The number of nitrogens with one attached hydrogen (secondary N) is 1. The van der Waals surface area contributed by atoms with E-state index in [1.54, 1.807) is 36.4 Å². The molecule has 0 saturated carbocycles. The van der Waals surface area contributed by atoms with Crippen molar-refractivity contribution >= 4 is 29.5 Å². The molecule has 0 saturated heterocycles. The van der Waals surface area contributed by atoms with E-state index in [-0.39, 0.29) is 0 Å². The molecule has 2 aromatic rings. The fourth-order valence-corrected chi connectivity index (χ4v) is 2.18. The number of halogens is 1. The summed E-state index contributed by atoms with van der Waals surface area (Å²) in [4.78, 5) is 22.6. The smallest absolute Gasteiger partial charge is 0.330 e. The lowest BCUT2D eigenvalue weighted by molar-refractivity contribution is -0.138. The van der Waals surface area contributed by atoms with Crippen LogP contribution in [0.15, 0.2) is 42.5 Å². The summed E-state index contributed by atoms with van der Waals surface area (Å²) in [6, 6.07) is 10.3. The van der Waals surface area contributed by atoms with Crippen LogP contribution in [0.25, 0.3) is 0 Å². The molecule has 1 atom stereocenters. The van der Waals surface area contributed by atoms with Gasteiger partial charge in [-0.05, 0) is 35.9 Å². The minimum Gasteiger partial charge on any atom is -0.497 e. The molecule has 22 heavy (non-hydrogen) atoms. The van der Waals surface area contributed by atoms with E-state index in [4.69, 9.17) is 16.3 Å². The molecule has 114 valence electrons. The first-order valence-corrected chi connectivity index (χ1v) is 6.81. The zero-order valence-electron chi connectivity index (χ0n) is 11.7. The van der Waals surface area contributed by atoms with Crippen molar-refractivity contribution in [2.45, 2.75) is 6.04 Å². The van der Waals surface area contributed by atoms with E-state index in [0.717, 1.165) is 0 Å². The number of carbonyl (C=O) groups is 2. The molecule has 0 aliphatic rings. The average Bonchev–Trinajstić information content (AvgIpc) is 2.53. The SMILES string of the molecule is COc1ccc(C(Nc2ccc(Cl)cc2C=O)C(=O)O)cc1. The monoisotopic (exact) mass is 319 g/mol. The molecule has 0 aliphatic carbocycles. The lowest BCUT2D eigenvalue weighted by Gasteiger charge is -2.18. The van der Waals surface area contributed by atoms with Crippen molar-refractivity contribution in [1.82, 2.24) is 0 Å². The van der Waals surface area contributed by atoms with Crippen LogP contribution in [0.5, 0.6) is 5.75 Å². The molecule has 0 heterocycles. The van der Waals surface area contributed by atoms with E-state index in [1.165, 1.54) is 13.2 Å².